The summed E-state index contributed by atoms with van der Waals surface area (Å²) in [6.07, 6.45) is 5.92. The minimum atomic E-state index is -0.0432. The lowest BCUT2D eigenvalue weighted by Crippen LogP contribution is -2.37. The second kappa shape index (κ2) is 8.08. The smallest absolute Gasteiger partial charge is 0.225 e. The van der Waals surface area contributed by atoms with Gasteiger partial charge in [-0.25, -0.2) is 0 Å². The van der Waals surface area contributed by atoms with E-state index in [-0.39, 0.29) is 12.0 Å². The maximum Gasteiger partial charge on any atom is 0.225 e. The van der Waals surface area contributed by atoms with Crippen molar-refractivity contribution in [2.24, 2.45) is 0 Å². The topological polar surface area (TPSA) is 56.6 Å². The number of carbonyl (C=O) groups excluding carboxylic acids is 1. The third-order valence-corrected chi connectivity index (χ3v) is 4.21. The summed E-state index contributed by atoms with van der Waals surface area (Å²) in [4.78, 5) is 18.3. The molecule has 0 saturated carbocycles. The Kier molecular flexibility index (Phi) is 5.61. The van der Waals surface area contributed by atoms with Crippen LogP contribution < -0.4 is 0 Å². The number of carbonyl (C=O) groups is 1. The molecule has 0 saturated heterocycles. The van der Waals surface area contributed by atoms with Crippen molar-refractivity contribution in [2.45, 2.75) is 32.2 Å². The lowest BCUT2D eigenvalue weighted by molar-refractivity contribution is -0.134. The molecule has 1 unspecified atom stereocenters. The summed E-state index contributed by atoms with van der Waals surface area (Å²) < 4.78 is 13.3. The fourth-order valence-corrected chi connectivity index (χ4v) is 2.89. The van der Waals surface area contributed by atoms with Gasteiger partial charge in [-0.3, -0.25) is 9.78 Å². The molecule has 0 spiro atoms. The number of hydrogen-bond acceptors (Lipinski definition) is 4. The highest BCUT2D eigenvalue weighted by molar-refractivity contribution is 5.76. The van der Waals surface area contributed by atoms with Gasteiger partial charge in [0.05, 0.1) is 38.8 Å². The fourth-order valence-electron chi connectivity index (χ4n) is 2.89. The molecule has 2 aromatic heterocycles. The SMILES string of the molecule is COCCC(=O)N1Cc2cccn2CC(OCc2ccncc2)C1. The normalized spacial score (nSPS) is 17.4. The van der Waals surface area contributed by atoms with Crippen molar-refractivity contribution in [3.8, 4) is 0 Å². The zero-order valence-electron chi connectivity index (χ0n) is 13.9. The molecule has 0 radical (unpaired) electrons. The quantitative estimate of drug-likeness (QED) is 0.811. The molecule has 6 heteroatoms. The Labute approximate surface area is 142 Å². The fraction of sp³-hybridized carbons (Fsp3) is 0.444. The lowest BCUT2D eigenvalue weighted by atomic mass is 10.2. The number of ether oxygens (including phenoxy) is 2. The first-order valence-electron chi connectivity index (χ1n) is 8.17. The van der Waals surface area contributed by atoms with E-state index in [1.807, 2.05) is 29.3 Å². The van der Waals surface area contributed by atoms with Crippen LogP contribution in [0.1, 0.15) is 17.7 Å². The van der Waals surface area contributed by atoms with Gasteiger partial charge in [-0.2, -0.15) is 0 Å². The van der Waals surface area contributed by atoms with Crippen molar-refractivity contribution in [2.75, 3.05) is 20.3 Å². The zero-order chi connectivity index (χ0) is 16.8. The van der Waals surface area contributed by atoms with Crippen molar-refractivity contribution in [3.63, 3.8) is 0 Å². The van der Waals surface area contributed by atoms with Gasteiger partial charge in [0.25, 0.3) is 0 Å². The van der Waals surface area contributed by atoms with Crippen LogP contribution in [0.2, 0.25) is 0 Å². The molecule has 1 aliphatic heterocycles. The van der Waals surface area contributed by atoms with E-state index < -0.39 is 0 Å². The van der Waals surface area contributed by atoms with Crippen molar-refractivity contribution in [1.82, 2.24) is 14.5 Å². The minimum absolute atomic E-state index is 0.0432. The minimum Gasteiger partial charge on any atom is -0.384 e. The Bertz CT molecular complexity index is 657. The van der Waals surface area contributed by atoms with Crippen LogP contribution in [-0.2, 0) is 34.0 Å². The van der Waals surface area contributed by atoms with Crippen LogP contribution in [0.15, 0.2) is 42.9 Å². The first-order chi connectivity index (χ1) is 11.8. The number of fused-ring (bicyclic) bond motifs is 1. The number of aromatic nitrogens is 2. The maximum atomic E-state index is 12.4. The molecule has 3 heterocycles. The highest BCUT2D eigenvalue weighted by Gasteiger charge is 2.25. The number of nitrogens with zero attached hydrogens (tertiary/aromatic N) is 3. The van der Waals surface area contributed by atoms with E-state index in [0.717, 1.165) is 17.8 Å². The Hall–Kier alpha value is -2.18. The summed E-state index contributed by atoms with van der Waals surface area (Å²) in [5.74, 6) is 0.101. The summed E-state index contributed by atoms with van der Waals surface area (Å²) in [5.41, 5.74) is 2.22. The Balaban J connectivity index is 1.68. The van der Waals surface area contributed by atoms with Crippen LogP contribution in [0, 0.1) is 0 Å². The molecular weight excluding hydrogens is 306 g/mol. The van der Waals surface area contributed by atoms with Gasteiger partial charge in [0.1, 0.15) is 0 Å². The van der Waals surface area contributed by atoms with Gasteiger partial charge in [0.2, 0.25) is 5.91 Å². The van der Waals surface area contributed by atoms with Crippen molar-refractivity contribution < 1.29 is 14.3 Å². The number of methoxy groups -OCH3 is 1. The molecule has 24 heavy (non-hydrogen) atoms. The molecule has 128 valence electrons. The van der Waals surface area contributed by atoms with Crippen LogP contribution in [0.25, 0.3) is 0 Å². The molecule has 2 aromatic rings. The van der Waals surface area contributed by atoms with E-state index in [1.54, 1.807) is 19.5 Å². The van der Waals surface area contributed by atoms with Gasteiger partial charge in [-0.15, -0.1) is 0 Å². The van der Waals surface area contributed by atoms with E-state index in [1.165, 1.54) is 0 Å². The zero-order valence-corrected chi connectivity index (χ0v) is 13.9. The van der Waals surface area contributed by atoms with E-state index in [9.17, 15) is 4.79 Å². The average Bonchev–Trinajstić information content (AvgIpc) is 2.96. The highest BCUT2D eigenvalue weighted by Crippen LogP contribution is 2.17. The molecule has 0 N–H and O–H groups in total. The highest BCUT2D eigenvalue weighted by atomic mass is 16.5. The van der Waals surface area contributed by atoms with Crippen molar-refractivity contribution in [1.29, 1.82) is 0 Å². The predicted octanol–water partition coefficient (Wildman–Crippen LogP) is 1.85. The summed E-state index contributed by atoms with van der Waals surface area (Å²) in [7, 11) is 1.61. The van der Waals surface area contributed by atoms with E-state index >= 15 is 0 Å². The molecule has 1 atom stereocenters. The van der Waals surface area contributed by atoms with Crippen LogP contribution in [0.5, 0.6) is 0 Å². The second-order valence-corrected chi connectivity index (χ2v) is 5.96. The van der Waals surface area contributed by atoms with Crippen LogP contribution in [0.3, 0.4) is 0 Å². The predicted molar refractivity (Wildman–Crippen MR) is 89.2 cm³/mol. The van der Waals surface area contributed by atoms with Crippen molar-refractivity contribution in [3.05, 3.63) is 54.1 Å². The Morgan fingerprint density at radius 1 is 1.29 bits per heavy atom. The number of pyridine rings is 1. The third-order valence-electron chi connectivity index (χ3n) is 4.21. The van der Waals surface area contributed by atoms with Gasteiger partial charge in [-0.05, 0) is 29.8 Å². The molecule has 0 aromatic carbocycles. The van der Waals surface area contributed by atoms with Crippen molar-refractivity contribution >= 4 is 5.91 Å². The monoisotopic (exact) mass is 329 g/mol. The average molecular weight is 329 g/mol. The number of rotatable bonds is 6. The molecular formula is C18H23N3O3. The summed E-state index contributed by atoms with van der Waals surface area (Å²) in [5, 5.41) is 0. The molecule has 1 amide bonds. The third kappa shape index (κ3) is 4.21. The molecule has 1 aliphatic rings. The summed E-state index contributed by atoms with van der Waals surface area (Å²) in [6, 6.07) is 7.96. The van der Waals surface area contributed by atoms with E-state index in [0.29, 0.717) is 32.7 Å². The summed E-state index contributed by atoms with van der Waals surface area (Å²) >= 11 is 0. The van der Waals surface area contributed by atoms with Crippen LogP contribution in [-0.4, -0.2) is 46.7 Å². The van der Waals surface area contributed by atoms with Crippen LogP contribution in [0.4, 0.5) is 0 Å². The van der Waals surface area contributed by atoms with E-state index in [2.05, 4.69) is 15.6 Å². The van der Waals surface area contributed by atoms with Gasteiger partial charge in [0.15, 0.2) is 0 Å². The molecule has 3 rings (SSSR count). The first-order valence-corrected chi connectivity index (χ1v) is 8.17. The van der Waals surface area contributed by atoms with Gasteiger partial charge in [-0.1, -0.05) is 0 Å². The number of hydrogen-bond donors (Lipinski definition) is 0. The van der Waals surface area contributed by atoms with Crippen LogP contribution >= 0.6 is 0 Å². The Morgan fingerprint density at radius 2 is 2.12 bits per heavy atom. The van der Waals surface area contributed by atoms with Gasteiger partial charge >= 0.3 is 0 Å². The molecule has 6 nitrogen and oxygen atoms in total. The largest absolute Gasteiger partial charge is 0.384 e. The Morgan fingerprint density at radius 3 is 2.92 bits per heavy atom. The first kappa shape index (κ1) is 16.7. The molecule has 0 fully saturated rings. The number of amides is 1. The van der Waals surface area contributed by atoms with Gasteiger partial charge in [0, 0.05) is 37.9 Å². The maximum absolute atomic E-state index is 12.4. The standard InChI is InChI=1S/C18H23N3O3/c1-23-10-6-18(22)21-11-16-3-2-9-20(16)12-17(13-21)24-14-15-4-7-19-8-5-15/h2-5,7-9,17H,6,10-14H2,1H3. The van der Waals surface area contributed by atoms with Gasteiger partial charge < -0.3 is 18.9 Å². The lowest BCUT2D eigenvalue weighted by Gasteiger charge is -2.24. The molecule has 0 aliphatic carbocycles. The second-order valence-electron chi connectivity index (χ2n) is 5.96. The summed E-state index contributed by atoms with van der Waals surface area (Å²) in [6.45, 7) is 2.92. The molecule has 0 bridgehead atoms. The van der Waals surface area contributed by atoms with E-state index in [4.69, 9.17) is 9.47 Å².